The highest BCUT2D eigenvalue weighted by molar-refractivity contribution is 7.99. The topological polar surface area (TPSA) is 29.1 Å². The highest BCUT2D eigenvalue weighted by atomic mass is 35.5. The van der Waals surface area contributed by atoms with Crippen LogP contribution in [0, 0.1) is 5.82 Å². The van der Waals surface area contributed by atoms with Gasteiger partial charge in [0.15, 0.2) is 0 Å². The van der Waals surface area contributed by atoms with E-state index in [1.807, 2.05) is 6.07 Å². The third-order valence-electron chi connectivity index (χ3n) is 3.37. The molecule has 1 heterocycles. The van der Waals surface area contributed by atoms with Gasteiger partial charge in [-0.15, -0.1) is 11.8 Å². The zero-order valence-electron chi connectivity index (χ0n) is 11.1. The second-order valence-corrected chi connectivity index (χ2v) is 6.45. The van der Waals surface area contributed by atoms with Crippen LogP contribution in [0.1, 0.15) is 22.8 Å². The van der Waals surface area contributed by atoms with E-state index in [-0.39, 0.29) is 17.0 Å². The number of carbonyl (C=O) groups excluding carboxylic acids is 1. The molecule has 1 amide bonds. The Morgan fingerprint density at radius 2 is 2.00 bits per heavy atom. The first kappa shape index (κ1) is 14.4. The first-order chi connectivity index (χ1) is 10.1. The minimum absolute atomic E-state index is 0.0296. The van der Waals surface area contributed by atoms with E-state index in [0.717, 1.165) is 5.56 Å². The van der Waals surface area contributed by atoms with Crippen molar-refractivity contribution in [1.29, 1.82) is 0 Å². The van der Waals surface area contributed by atoms with Crippen molar-refractivity contribution >= 4 is 35.0 Å². The molecule has 0 fully saturated rings. The number of halogens is 2. The second kappa shape index (κ2) is 6.08. The fourth-order valence-electron chi connectivity index (χ4n) is 2.38. The largest absolute Gasteiger partial charge is 0.326 e. The number of nitrogens with one attached hydrogen (secondary N) is 1. The van der Waals surface area contributed by atoms with Crippen LogP contribution in [0.5, 0.6) is 0 Å². The van der Waals surface area contributed by atoms with E-state index in [1.54, 1.807) is 42.1 Å². The summed E-state index contributed by atoms with van der Waals surface area (Å²) in [6.45, 7) is 0. The number of rotatable bonds is 1. The summed E-state index contributed by atoms with van der Waals surface area (Å²) in [4.78, 5) is 11.8. The molecule has 2 aromatic rings. The summed E-state index contributed by atoms with van der Waals surface area (Å²) in [6, 6.07) is 12.0. The van der Waals surface area contributed by atoms with Crippen LogP contribution >= 0.6 is 23.4 Å². The van der Waals surface area contributed by atoms with E-state index in [2.05, 4.69) is 5.32 Å². The zero-order valence-corrected chi connectivity index (χ0v) is 12.7. The van der Waals surface area contributed by atoms with E-state index in [4.69, 9.17) is 11.6 Å². The molecule has 0 aliphatic carbocycles. The van der Waals surface area contributed by atoms with Crippen LogP contribution in [0.2, 0.25) is 5.02 Å². The van der Waals surface area contributed by atoms with Gasteiger partial charge in [-0.25, -0.2) is 4.39 Å². The smallest absolute Gasteiger partial charge is 0.225 e. The first-order valence-corrected chi connectivity index (χ1v) is 8.03. The lowest BCUT2D eigenvalue weighted by molar-refractivity contribution is -0.115. The molecule has 2 nitrogen and oxygen atoms in total. The molecule has 0 saturated heterocycles. The lowest BCUT2D eigenvalue weighted by Gasteiger charge is -2.24. The van der Waals surface area contributed by atoms with Crippen molar-refractivity contribution in [2.75, 3.05) is 11.1 Å². The number of hydrogen-bond acceptors (Lipinski definition) is 2. The van der Waals surface area contributed by atoms with Gasteiger partial charge >= 0.3 is 0 Å². The number of fused-ring (bicyclic) bond motifs is 1. The standard InChI is InChI=1S/C16H13ClFNOS/c17-10-5-6-14-12(9-10)16(21-8-7-15(20)19-14)11-3-1-2-4-13(11)18/h1-6,9,16H,7-8H2,(H,19,20). The SMILES string of the molecule is O=C1CCSC(c2ccccc2F)c2cc(Cl)ccc2N1. The third-order valence-corrected chi connectivity index (χ3v) is 4.89. The average molecular weight is 322 g/mol. The fraction of sp³-hybridized carbons (Fsp3) is 0.188. The van der Waals surface area contributed by atoms with Crippen LogP contribution in [-0.2, 0) is 4.79 Å². The summed E-state index contributed by atoms with van der Waals surface area (Å²) in [7, 11) is 0. The molecule has 1 atom stereocenters. The van der Waals surface area contributed by atoms with Crippen molar-refractivity contribution in [3.05, 3.63) is 64.4 Å². The highest BCUT2D eigenvalue weighted by Crippen LogP contribution is 2.42. The molecule has 1 aliphatic rings. The Morgan fingerprint density at radius 1 is 1.19 bits per heavy atom. The summed E-state index contributed by atoms with van der Waals surface area (Å²) >= 11 is 7.64. The van der Waals surface area contributed by atoms with Crippen LogP contribution in [0.15, 0.2) is 42.5 Å². The number of benzene rings is 2. The minimum Gasteiger partial charge on any atom is -0.326 e. The van der Waals surface area contributed by atoms with Crippen LogP contribution in [0.25, 0.3) is 0 Å². The van der Waals surface area contributed by atoms with E-state index >= 15 is 0 Å². The molecule has 0 spiro atoms. The van der Waals surface area contributed by atoms with Crippen LogP contribution in [0.3, 0.4) is 0 Å². The van der Waals surface area contributed by atoms with Crippen molar-refractivity contribution in [3.63, 3.8) is 0 Å². The number of thioether (sulfide) groups is 1. The Kier molecular flexibility index (Phi) is 4.17. The maximum atomic E-state index is 14.1. The predicted octanol–water partition coefficient (Wildman–Crippen LogP) is 4.64. The molecule has 108 valence electrons. The molecule has 3 rings (SSSR count). The van der Waals surface area contributed by atoms with E-state index in [1.165, 1.54) is 6.07 Å². The zero-order chi connectivity index (χ0) is 14.8. The van der Waals surface area contributed by atoms with Gasteiger partial charge in [-0.1, -0.05) is 29.8 Å². The Hall–Kier alpha value is -1.52. The van der Waals surface area contributed by atoms with Gasteiger partial charge in [0.2, 0.25) is 5.91 Å². The molecule has 2 aromatic carbocycles. The maximum absolute atomic E-state index is 14.1. The molecule has 21 heavy (non-hydrogen) atoms. The van der Waals surface area contributed by atoms with Crippen molar-refractivity contribution in [2.45, 2.75) is 11.7 Å². The fourth-order valence-corrected chi connectivity index (χ4v) is 3.85. The van der Waals surface area contributed by atoms with Gasteiger partial charge in [-0.3, -0.25) is 4.79 Å². The van der Waals surface area contributed by atoms with Crippen molar-refractivity contribution in [2.24, 2.45) is 0 Å². The van der Waals surface area contributed by atoms with E-state index < -0.39 is 0 Å². The van der Waals surface area contributed by atoms with E-state index in [9.17, 15) is 9.18 Å². The summed E-state index contributed by atoms with van der Waals surface area (Å²) in [5, 5.41) is 3.27. The Morgan fingerprint density at radius 3 is 2.81 bits per heavy atom. The lowest BCUT2D eigenvalue weighted by atomic mass is 10.0. The molecule has 1 N–H and O–H groups in total. The molecule has 0 aromatic heterocycles. The monoisotopic (exact) mass is 321 g/mol. The Labute approximate surface area is 131 Å². The molecule has 1 aliphatic heterocycles. The average Bonchev–Trinajstić information content (AvgIpc) is 2.45. The molecule has 1 unspecified atom stereocenters. The van der Waals surface area contributed by atoms with Crippen LogP contribution in [-0.4, -0.2) is 11.7 Å². The van der Waals surface area contributed by atoms with Gasteiger partial charge in [0.05, 0.1) is 5.25 Å². The van der Waals surface area contributed by atoms with Crippen LogP contribution in [0.4, 0.5) is 10.1 Å². The molecule has 0 bridgehead atoms. The van der Waals surface area contributed by atoms with Gasteiger partial charge in [-0.2, -0.15) is 0 Å². The van der Waals surface area contributed by atoms with E-state index in [0.29, 0.717) is 28.4 Å². The number of carbonyl (C=O) groups is 1. The third kappa shape index (κ3) is 3.06. The van der Waals surface area contributed by atoms with Crippen molar-refractivity contribution in [3.8, 4) is 0 Å². The van der Waals surface area contributed by atoms with Gasteiger partial charge in [-0.05, 0) is 29.8 Å². The second-order valence-electron chi connectivity index (χ2n) is 4.80. The summed E-state index contributed by atoms with van der Waals surface area (Å²) in [5.41, 5.74) is 2.15. The molecule has 0 radical (unpaired) electrons. The van der Waals surface area contributed by atoms with Crippen molar-refractivity contribution < 1.29 is 9.18 Å². The quantitative estimate of drug-likeness (QED) is 0.828. The van der Waals surface area contributed by atoms with Gasteiger partial charge in [0, 0.05) is 28.4 Å². The highest BCUT2D eigenvalue weighted by Gasteiger charge is 2.24. The predicted molar refractivity (Wildman–Crippen MR) is 85.4 cm³/mol. The number of hydrogen-bond donors (Lipinski definition) is 1. The Bertz CT molecular complexity index is 692. The summed E-state index contributed by atoms with van der Waals surface area (Å²) in [5.74, 6) is 0.363. The summed E-state index contributed by atoms with van der Waals surface area (Å²) < 4.78 is 14.1. The van der Waals surface area contributed by atoms with Gasteiger partial charge < -0.3 is 5.32 Å². The molecule has 0 saturated carbocycles. The molecular weight excluding hydrogens is 309 g/mol. The lowest BCUT2D eigenvalue weighted by Crippen LogP contribution is -2.18. The minimum atomic E-state index is -0.243. The normalized spacial score (nSPS) is 18.4. The summed E-state index contributed by atoms with van der Waals surface area (Å²) in [6.07, 6.45) is 0.414. The maximum Gasteiger partial charge on any atom is 0.225 e. The van der Waals surface area contributed by atoms with Crippen LogP contribution < -0.4 is 5.32 Å². The molecular formula is C16H13ClFNOS. The van der Waals surface area contributed by atoms with Crippen molar-refractivity contribution in [1.82, 2.24) is 0 Å². The number of amides is 1. The Balaban J connectivity index is 2.13. The first-order valence-electron chi connectivity index (χ1n) is 6.60. The van der Waals surface area contributed by atoms with Gasteiger partial charge in [0.25, 0.3) is 0 Å². The van der Waals surface area contributed by atoms with Gasteiger partial charge in [0.1, 0.15) is 5.82 Å². The number of anilines is 1. The molecule has 5 heteroatoms.